The minimum atomic E-state index is -0.922. The molecule has 1 saturated heterocycles. The fourth-order valence-electron chi connectivity index (χ4n) is 3.58. The fourth-order valence-corrected chi connectivity index (χ4v) is 3.58. The molecule has 2 heterocycles. The molecule has 4 rings (SSSR count). The number of anilines is 2. The van der Waals surface area contributed by atoms with Crippen molar-refractivity contribution in [2.24, 2.45) is 0 Å². The fraction of sp³-hybridized carbons (Fsp3) is 0.273. The summed E-state index contributed by atoms with van der Waals surface area (Å²) in [6.45, 7) is 2.74. The van der Waals surface area contributed by atoms with Crippen LogP contribution in [-0.2, 0) is 0 Å². The van der Waals surface area contributed by atoms with Gasteiger partial charge in [0, 0.05) is 43.3 Å². The first kappa shape index (κ1) is 20.8. The molecule has 0 radical (unpaired) electrons. The molecule has 0 bridgehead atoms. The van der Waals surface area contributed by atoms with Gasteiger partial charge in [-0.25, -0.2) is 13.8 Å². The Labute approximate surface area is 178 Å². The first-order chi connectivity index (χ1) is 15.0. The van der Waals surface area contributed by atoms with Crippen LogP contribution in [0.2, 0.25) is 0 Å². The third-order valence-electron chi connectivity index (χ3n) is 5.16. The monoisotopic (exact) mass is 428 g/mol. The highest BCUT2D eigenvalue weighted by molar-refractivity contribution is 6.05. The molecule has 0 saturated carbocycles. The third kappa shape index (κ3) is 4.22. The Kier molecular flexibility index (Phi) is 5.85. The van der Waals surface area contributed by atoms with Crippen LogP contribution in [0, 0.1) is 11.6 Å². The van der Waals surface area contributed by atoms with Gasteiger partial charge in [0.2, 0.25) is 0 Å². The van der Waals surface area contributed by atoms with Crippen molar-refractivity contribution >= 4 is 28.3 Å². The zero-order chi connectivity index (χ0) is 22.0. The number of pyridine rings is 1. The van der Waals surface area contributed by atoms with Crippen LogP contribution in [0.4, 0.5) is 20.3 Å². The smallest absolute Gasteiger partial charge is 0.262 e. The van der Waals surface area contributed by atoms with E-state index in [-0.39, 0.29) is 5.82 Å². The van der Waals surface area contributed by atoms with Crippen LogP contribution in [0.25, 0.3) is 10.9 Å². The van der Waals surface area contributed by atoms with Crippen molar-refractivity contribution < 1.29 is 23.0 Å². The number of fused-ring (bicyclic) bond motifs is 1. The Balaban J connectivity index is 1.61. The average molecular weight is 428 g/mol. The number of halogens is 2. The van der Waals surface area contributed by atoms with Gasteiger partial charge in [-0.15, -0.1) is 0 Å². The number of ether oxygens (including phenoxy) is 2. The van der Waals surface area contributed by atoms with Crippen molar-refractivity contribution in [3.8, 4) is 11.5 Å². The van der Waals surface area contributed by atoms with Gasteiger partial charge in [0.15, 0.2) is 0 Å². The van der Waals surface area contributed by atoms with Crippen molar-refractivity contribution in [2.75, 3.05) is 50.6 Å². The summed E-state index contributed by atoms with van der Waals surface area (Å²) in [5.74, 6) is -1.57. The molecule has 162 valence electrons. The predicted octanol–water partition coefficient (Wildman–Crippen LogP) is 3.19. The number of benzene rings is 2. The number of nitrogens with one attached hydrogen (secondary N) is 2. The van der Waals surface area contributed by atoms with E-state index < -0.39 is 23.1 Å². The van der Waals surface area contributed by atoms with Crippen molar-refractivity contribution in [3.05, 3.63) is 53.6 Å². The SMILES string of the molecule is COc1cc(OC)c2nc(NC(=O)c3c(F)cc(N4CCNCC4)cc3F)ccc2c1. The molecule has 0 atom stereocenters. The van der Waals surface area contributed by atoms with Crippen LogP contribution in [-0.4, -0.2) is 51.3 Å². The topological polar surface area (TPSA) is 75.7 Å². The Morgan fingerprint density at radius 1 is 1.06 bits per heavy atom. The van der Waals surface area contributed by atoms with Gasteiger partial charge < -0.3 is 25.0 Å². The minimum Gasteiger partial charge on any atom is -0.497 e. The molecular formula is C22H22F2N4O3. The predicted molar refractivity (Wildman–Crippen MR) is 114 cm³/mol. The van der Waals surface area contributed by atoms with E-state index in [0.717, 1.165) is 18.5 Å². The maximum Gasteiger partial charge on any atom is 0.262 e. The van der Waals surface area contributed by atoms with Gasteiger partial charge in [-0.1, -0.05) is 0 Å². The van der Waals surface area contributed by atoms with Crippen LogP contribution < -0.4 is 25.0 Å². The zero-order valence-corrected chi connectivity index (χ0v) is 17.2. The van der Waals surface area contributed by atoms with Crippen molar-refractivity contribution in [2.45, 2.75) is 0 Å². The van der Waals surface area contributed by atoms with Gasteiger partial charge in [-0.05, 0) is 30.3 Å². The molecular weight excluding hydrogens is 406 g/mol. The molecule has 0 aliphatic carbocycles. The second kappa shape index (κ2) is 8.73. The lowest BCUT2D eigenvalue weighted by Gasteiger charge is -2.29. The lowest BCUT2D eigenvalue weighted by Crippen LogP contribution is -2.43. The quantitative estimate of drug-likeness (QED) is 0.650. The summed E-state index contributed by atoms with van der Waals surface area (Å²) < 4.78 is 39.9. The van der Waals surface area contributed by atoms with Crippen LogP contribution in [0.15, 0.2) is 36.4 Å². The molecule has 31 heavy (non-hydrogen) atoms. The number of amides is 1. The minimum absolute atomic E-state index is 0.144. The Bertz CT molecular complexity index is 1110. The van der Waals surface area contributed by atoms with Crippen LogP contribution in [0.5, 0.6) is 11.5 Å². The summed E-state index contributed by atoms with van der Waals surface area (Å²) >= 11 is 0. The number of aromatic nitrogens is 1. The molecule has 1 aromatic heterocycles. The average Bonchev–Trinajstić information content (AvgIpc) is 2.78. The van der Waals surface area contributed by atoms with E-state index in [1.54, 1.807) is 31.4 Å². The van der Waals surface area contributed by atoms with E-state index in [4.69, 9.17) is 9.47 Å². The van der Waals surface area contributed by atoms with E-state index in [9.17, 15) is 13.6 Å². The van der Waals surface area contributed by atoms with Gasteiger partial charge >= 0.3 is 0 Å². The van der Waals surface area contributed by atoms with E-state index in [1.807, 2.05) is 4.90 Å². The number of hydrogen-bond acceptors (Lipinski definition) is 6. The van der Waals surface area contributed by atoms with Crippen molar-refractivity contribution in [3.63, 3.8) is 0 Å². The number of rotatable bonds is 5. The standard InChI is InChI=1S/C22H22F2N4O3/c1-30-15-9-13-3-4-19(26-21(13)18(12-15)31-2)27-22(29)20-16(23)10-14(11-17(20)24)28-7-5-25-6-8-28/h3-4,9-12,25H,5-8H2,1-2H3,(H,26,27,29). The zero-order valence-electron chi connectivity index (χ0n) is 17.2. The number of methoxy groups -OCH3 is 2. The summed E-state index contributed by atoms with van der Waals surface area (Å²) in [5, 5.41) is 6.38. The lowest BCUT2D eigenvalue weighted by molar-refractivity contribution is 0.101. The maximum absolute atomic E-state index is 14.7. The van der Waals surface area contributed by atoms with Gasteiger partial charge in [-0.2, -0.15) is 0 Å². The molecule has 1 amide bonds. The van der Waals surface area contributed by atoms with E-state index >= 15 is 0 Å². The Morgan fingerprint density at radius 2 is 1.77 bits per heavy atom. The molecule has 3 aromatic rings. The van der Waals surface area contributed by atoms with Gasteiger partial charge in [0.1, 0.15) is 40.0 Å². The molecule has 0 unspecified atom stereocenters. The number of nitrogens with zero attached hydrogens (tertiary/aromatic N) is 2. The molecule has 1 aliphatic rings. The maximum atomic E-state index is 14.7. The normalized spacial score (nSPS) is 13.9. The Hall–Kier alpha value is -3.46. The van der Waals surface area contributed by atoms with Crippen molar-refractivity contribution in [1.82, 2.24) is 10.3 Å². The first-order valence-corrected chi connectivity index (χ1v) is 9.79. The highest BCUT2D eigenvalue weighted by Crippen LogP contribution is 2.31. The van der Waals surface area contributed by atoms with Gasteiger partial charge in [0.25, 0.3) is 5.91 Å². The molecule has 9 heteroatoms. The number of piperazine rings is 1. The molecule has 2 aromatic carbocycles. The molecule has 7 nitrogen and oxygen atoms in total. The molecule has 0 spiro atoms. The Morgan fingerprint density at radius 3 is 2.42 bits per heavy atom. The second-order valence-electron chi connectivity index (χ2n) is 7.07. The van der Waals surface area contributed by atoms with E-state index in [0.29, 0.717) is 35.8 Å². The largest absolute Gasteiger partial charge is 0.497 e. The summed E-state index contributed by atoms with van der Waals surface area (Å²) in [6.07, 6.45) is 0. The number of hydrogen-bond donors (Lipinski definition) is 2. The first-order valence-electron chi connectivity index (χ1n) is 9.79. The van der Waals surface area contributed by atoms with Gasteiger partial charge in [0.05, 0.1) is 14.2 Å². The summed E-state index contributed by atoms with van der Waals surface area (Å²) in [7, 11) is 3.03. The third-order valence-corrected chi connectivity index (χ3v) is 5.16. The van der Waals surface area contributed by atoms with Crippen molar-refractivity contribution in [1.29, 1.82) is 0 Å². The van der Waals surface area contributed by atoms with Gasteiger partial charge in [-0.3, -0.25) is 4.79 Å². The van der Waals surface area contributed by atoms with Crippen LogP contribution in [0.1, 0.15) is 10.4 Å². The molecule has 1 fully saturated rings. The lowest BCUT2D eigenvalue weighted by atomic mass is 10.1. The summed E-state index contributed by atoms with van der Waals surface area (Å²) in [5.41, 5.74) is 0.245. The highest BCUT2D eigenvalue weighted by Gasteiger charge is 2.22. The summed E-state index contributed by atoms with van der Waals surface area (Å²) in [6, 6.07) is 9.06. The van der Waals surface area contributed by atoms with Crippen LogP contribution in [0.3, 0.4) is 0 Å². The van der Waals surface area contributed by atoms with E-state index in [2.05, 4.69) is 15.6 Å². The number of carbonyl (C=O) groups excluding carboxylic acids is 1. The van der Waals surface area contributed by atoms with Crippen LogP contribution >= 0.6 is 0 Å². The van der Waals surface area contributed by atoms with E-state index in [1.165, 1.54) is 19.2 Å². The molecule has 1 aliphatic heterocycles. The second-order valence-corrected chi connectivity index (χ2v) is 7.07. The molecule has 2 N–H and O–H groups in total. The summed E-state index contributed by atoms with van der Waals surface area (Å²) in [4.78, 5) is 18.9. The number of carbonyl (C=O) groups is 1. The highest BCUT2D eigenvalue weighted by atomic mass is 19.1.